The number of nitrogens with one attached hydrogen (secondary N) is 1. The highest BCUT2D eigenvalue weighted by atomic mass is 31.2. The number of aromatic nitrogens is 4. The molecule has 0 unspecified atom stereocenters. The molecule has 20 heavy (non-hydrogen) atoms. The molecule has 2 heterocycles. The van der Waals surface area contributed by atoms with Gasteiger partial charge < -0.3 is 30.0 Å². The van der Waals surface area contributed by atoms with Crippen LogP contribution in [0.5, 0.6) is 0 Å². The molecule has 5 N–H and O–H groups in total. The highest BCUT2D eigenvalue weighted by molar-refractivity contribution is 7.51. The van der Waals surface area contributed by atoms with Crippen molar-refractivity contribution in [2.45, 2.75) is 6.73 Å². The van der Waals surface area contributed by atoms with Crippen molar-refractivity contribution in [1.82, 2.24) is 19.5 Å². The number of fused-ring (bicyclic) bond motifs is 1. The maximum Gasteiger partial charge on any atom is 0.351 e. The van der Waals surface area contributed by atoms with Gasteiger partial charge in [-0.25, -0.2) is 4.98 Å². The zero-order valence-electron chi connectivity index (χ0n) is 10.1. The second-order valence-corrected chi connectivity index (χ2v) is 5.34. The quantitative estimate of drug-likeness (QED) is 0.291. The van der Waals surface area contributed by atoms with Gasteiger partial charge in [0.15, 0.2) is 17.5 Å². The van der Waals surface area contributed by atoms with Crippen molar-refractivity contribution in [3.05, 3.63) is 16.7 Å². The Labute approximate surface area is 111 Å². The summed E-state index contributed by atoms with van der Waals surface area (Å²) in [5, 5.41) is 0. The number of nitrogens with two attached hydrogens (primary N) is 1. The largest absolute Gasteiger partial charge is 0.369 e. The normalized spacial score (nSPS) is 12.1. The first-order chi connectivity index (χ1) is 9.38. The van der Waals surface area contributed by atoms with E-state index in [4.69, 9.17) is 20.3 Å². The molecule has 12 heteroatoms. The Balaban J connectivity index is 2.02. The highest BCUT2D eigenvalue weighted by Crippen LogP contribution is 2.33. The lowest BCUT2D eigenvalue weighted by Gasteiger charge is -2.11. The van der Waals surface area contributed by atoms with Crippen molar-refractivity contribution in [1.29, 1.82) is 0 Å². The lowest BCUT2D eigenvalue weighted by Crippen LogP contribution is -2.19. The summed E-state index contributed by atoms with van der Waals surface area (Å²) in [6, 6.07) is 0. The van der Waals surface area contributed by atoms with Crippen molar-refractivity contribution in [2.75, 3.05) is 18.9 Å². The fourth-order valence-electron chi connectivity index (χ4n) is 1.45. The molecule has 0 aliphatic heterocycles. The number of aromatic amines is 1. The Morgan fingerprint density at radius 1 is 1.45 bits per heavy atom. The molecule has 0 spiro atoms. The summed E-state index contributed by atoms with van der Waals surface area (Å²) in [7, 11) is -4.23. The zero-order valence-corrected chi connectivity index (χ0v) is 11.0. The van der Waals surface area contributed by atoms with Gasteiger partial charge in [0.2, 0.25) is 5.95 Å². The maximum atomic E-state index is 11.5. The molecule has 0 bridgehead atoms. The molecular weight excluding hydrogens is 293 g/mol. The second-order valence-electron chi connectivity index (χ2n) is 3.75. The van der Waals surface area contributed by atoms with E-state index in [1.165, 1.54) is 10.9 Å². The van der Waals surface area contributed by atoms with Crippen LogP contribution < -0.4 is 11.3 Å². The van der Waals surface area contributed by atoms with E-state index in [2.05, 4.69) is 19.7 Å². The molecule has 0 aliphatic rings. The number of anilines is 1. The van der Waals surface area contributed by atoms with Crippen LogP contribution in [0.15, 0.2) is 11.1 Å². The number of hydrogen-bond donors (Lipinski definition) is 4. The minimum atomic E-state index is -4.23. The smallest absolute Gasteiger partial charge is 0.351 e. The van der Waals surface area contributed by atoms with E-state index in [-0.39, 0.29) is 30.6 Å². The van der Waals surface area contributed by atoms with Gasteiger partial charge >= 0.3 is 13.2 Å². The van der Waals surface area contributed by atoms with Gasteiger partial charge in [-0.05, 0) is 0 Å². The molecule has 2 rings (SSSR count). The molecule has 0 atom stereocenters. The van der Waals surface area contributed by atoms with E-state index in [0.29, 0.717) is 0 Å². The summed E-state index contributed by atoms with van der Waals surface area (Å²) in [4.78, 5) is 38.7. The molecule has 0 aromatic carbocycles. The minimum absolute atomic E-state index is 0.0930. The van der Waals surface area contributed by atoms with Crippen LogP contribution in [0.2, 0.25) is 0 Å². The molecule has 0 amide bonds. The lowest BCUT2D eigenvalue weighted by molar-refractivity contribution is -0.0673. The van der Waals surface area contributed by atoms with E-state index >= 15 is 0 Å². The Kier molecular flexibility index (Phi) is 4.16. The Bertz CT molecular complexity index is 705. The average molecular weight is 305 g/mol. The summed E-state index contributed by atoms with van der Waals surface area (Å²) in [5.41, 5.74) is 5.49. The third-order valence-corrected chi connectivity index (χ3v) is 2.75. The van der Waals surface area contributed by atoms with Crippen molar-refractivity contribution in [2.24, 2.45) is 0 Å². The Hall–Kier alpha value is -1.78. The zero-order chi connectivity index (χ0) is 14.8. The van der Waals surface area contributed by atoms with Crippen LogP contribution >= 0.6 is 7.60 Å². The summed E-state index contributed by atoms with van der Waals surface area (Å²) < 4.78 is 21.5. The van der Waals surface area contributed by atoms with Gasteiger partial charge in [-0.2, -0.15) is 4.98 Å². The van der Waals surface area contributed by atoms with Crippen LogP contribution in [0.1, 0.15) is 0 Å². The topological polar surface area (TPSA) is 166 Å². The number of imidazole rings is 1. The van der Waals surface area contributed by atoms with Gasteiger partial charge in [0, 0.05) is 0 Å². The third kappa shape index (κ3) is 3.40. The summed E-state index contributed by atoms with van der Waals surface area (Å²) in [6.45, 7) is -0.496. The summed E-state index contributed by atoms with van der Waals surface area (Å²) in [5.74, 6) is -0.0930. The van der Waals surface area contributed by atoms with E-state index in [0.717, 1.165) is 0 Å². The number of nitrogens with zero attached hydrogens (tertiary/aromatic N) is 3. The highest BCUT2D eigenvalue weighted by Gasteiger charge is 2.13. The van der Waals surface area contributed by atoms with Crippen LogP contribution in [0, 0.1) is 0 Å². The van der Waals surface area contributed by atoms with Crippen LogP contribution in [0.25, 0.3) is 11.2 Å². The number of nitrogen functional groups attached to an aromatic ring is 1. The number of ether oxygens (including phenoxy) is 2. The molecule has 11 nitrogen and oxygen atoms in total. The van der Waals surface area contributed by atoms with Gasteiger partial charge in [0.25, 0.3) is 0 Å². The Morgan fingerprint density at radius 3 is 2.90 bits per heavy atom. The third-order valence-electron chi connectivity index (χ3n) is 2.23. The molecular formula is C8H12N5O6P. The first kappa shape index (κ1) is 14.6. The second kappa shape index (κ2) is 5.69. The SMILES string of the molecule is Nc1nc(=O)c2[nH]cnc2n1COCOCP(=O)(O)O. The van der Waals surface area contributed by atoms with Gasteiger partial charge in [-0.3, -0.25) is 13.9 Å². The summed E-state index contributed by atoms with van der Waals surface area (Å²) >= 11 is 0. The molecule has 0 aliphatic carbocycles. The molecule has 0 saturated heterocycles. The predicted molar refractivity (Wildman–Crippen MR) is 66.5 cm³/mol. The van der Waals surface area contributed by atoms with Gasteiger partial charge in [0.1, 0.15) is 13.5 Å². The number of rotatable bonds is 6. The van der Waals surface area contributed by atoms with Crippen molar-refractivity contribution in [3.8, 4) is 0 Å². The first-order valence-electron chi connectivity index (χ1n) is 5.28. The molecule has 2 aromatic heterocycles. The van der Waals surface area contributed by atoms with Crippen molar-refractivity contribution < 1.29 is 23.8 Å². The van der Waals surface area contributed by atoms with E-state index in [1.54, 1.807) is 0 Å². The van der Waals surface area contributed by atoms with Crippen LogP contribution in [-0.4, -0.2) is 42.4 Å². The van der Waals surface area contributed by atoms with Gasteiger partial charge in [0.05, 0.1) is 6.33 Å². The first-order valence-corrected chi connectivity index (χ1v) is 7.08. The molecule has 110 valence electrons. The van der Waals surface area contributed by atoms with Crippen molar-refractivity contribution in [3.63, 3.8) is 0 Å². The van der Waals surface area contributed by atoms with Crippen LogP contribution in [0.3, 0.4) is 0 Å². The minimum Gasteiger partial charge on any atom is -0.369 e. The van der Waals surface area contributed by atoms with E-state index in [9.17, 15) is 9.36 Å². The fourth-order valence-corrected chi connectivity index (χ4v) is 1.76. The molecule has 2 aromatic rings. The van der Waals surface area contributed by atoms with Crippen LogP contribution in [0.4, 0.5) is 5.95 Å². The average Bonchev–Trinajstić information content (AvgIpc) is 2.80. The monoisotopic (exact) mass is 305 g/mol. The Morgan fingerprint density at radius 2 is 2.20 bits per heavy atom. The van der Waals surface area contributed by atoms with Crippen molar-refractivity contribution >= 4 is 24.7 Å². The standard InChI is InChI=1S/C8H12N5O6P/c9-8-12-7(14)5-6(11-1-10-5)13(8)2-18-3-19-4-20(15,16)17/h1H,2-4H2,(H,10,11)(H2,9,12,14)(H2,15,16,17). The lowest BCUT2D eigenvalue weighted by atomic mass is 10.5. The molecule has 0 radical (unpaired) electrons. The fraction of sp³-hybridized carbons (Fsp3) is 0.375. The van der Waals surface area contributed by atoms with Crippen LogP contribution in [-0.2, 0) is 20.8 Å². The number of hydrogen-bond acceptors (Lipinski definition) is 7. The maximum absolute atomic E-state index is 11.5. The van der Waals surface area contributed by atoms with E-state index in [1.807, 2.05) is 0 Å². The predicted octanol–water partition coefficient (Wildman–Crippen LogP) is -1.21. The van der Waals surface area contributed by atoms with E-state index < -0.39 is 19.5 Å². The molecule has 0 saturated carbocycles. The van der Waals surface area contributed by atoms with Gasteiger partial charge in [-0.1, -0.05) is 0 Å². The number of H-pyrrole nitrogens is 1. The molecule has 0 fully saturated rings. The summed E-state index contributed by atoms with van der Waals surface area (Å²) in [6.07, 6.45) is 0.566. The van der Waals surface area contributed by atoms with Gasteiger partial charge in [-0.15, -0.1) is 0 Å².